The van der Waals surface area contributed by atoms with Crippen molar-refractivity contribution in [2.45, 2.75) is 0 Å². The highest BCUT2D eigenvalue weighted by atomic mass is 19.1. The molecular weight excluding hydrogens is 295 g/mol. The Labute approximate surface area is 131 Å². The molecule has 0 atom stereocenters. The van der Waals surface area contributed by atoms with Gasteiger partial charge in [-0.1, -0.05) is 18.2 Å². The molecule has 3 aromatic rings. The number of hydrogen-bond acceptors (Lipinski definition) is 3. The molecular formula is C17H11FN4O. The second kappa shape index (κ2) is 6.12. The summed E-state index contributed by atoms with van der Waals surface area (Å²) in [6.07, 6.45) is 3.25. The van der Waals surface area contributed by atoms with Crippen LogP contribution in [0, 0.1) is 17.1 Å². The number of rotatable bonds is 3. The van der Waals surface area contributed by atoms with Crippen LogP contribution in [0.3, 0.4) is 0 Å². The minimum absolute atomic E-state index is 0.154. The molecule has 0 spiro atoms. The lowest BCUT2D eigenvalue weighted by molar-refractivity contribution is 0.0951. The Morgan fingerprint density at radius 3 is 2.91 bits per heavy atom. The number of nitrogens with zero attached hydrogens (tertiary/aromatic N) is 2. The quantitative estimate of drug-likeness (QED) is 0.576. The number of fused-ring (bicyclic) bond motifs is 1. The highest BCUT2D eigenvalue weighted by Gasteiger charge is 2.11. The van der Waals surface area contributed by atoms with Crippen molar-refractivity contribution in [2.24, 2.45) is 5.10 Å². The van der Waals surface area contributed by atoms with Crippen LogP contribution in [0.2, 0.25) is 0 Å². The number of para-hydroxylation sites is 1. The van der Waals surface area contributed by atoms with Gasteiger partial charge < -0.3 is 4.98 Å². The first kappa shape index (κ1) is 14.5. The maximum absolute atomic E-state index is 13.7. The number of carbonyl (C=O) groups excluding carboxylic acids is 1. The van der Waals surface area contributed by atoms with E-state index in [0.717, 1.165) is 22.5 Å². The second-order valence-electron chi connectivity index (χ2n) is 4.80. The molecule has 2 aromatic carbocycles. The molecule has 1 aromatic heterocycles. The van der Waals surface area contributed by atoms with E-state index < -0.39 is 11.7 Å². The number of aromatic amines is 1. The van der Waals surface area contributed by atoms with Crippen LogP contribution in [-0.4, -0.2) is 17.1 Å². The molecule has 0 aliphatic rings. The molecule has 0 saturated carbocycles. The number of carbonyl (C=O) groups is 1. The third-order valence-corrected chi connectivity index (χ3v) is 3.33. The monoisotopic (exact) mass is 306 g/mol. The number of halogens is 1. The molecule has 3 rings (SSSR count). The Kier molecular flexibility index (Phi) is 3.85. The third-order valence-electron chi connectivity index (χ3n) is 3.33. The van der Waals surface area contributed by atoms with E-state index in [0.29, 0.717) is 0 Å². The first-order valence-corrected chi connectivity index (χ1v) is 6.78. The largest absolute Gasteiger partial charge is 0.361 e. The van der Waals surface area contributed by atoms with Gasteiger partial charge in [0.15, 0.2) is 0 Å². The smallest absolute Gasteiger partial charge is 0.274 e. The maximum Gasteiger partial charge on any atom is 0.274 e. The van der Waals surface area contributed by atoms with E-state index in [1.165, 1.54) is 18.3 Å². The molecule has 23 heavy (non-hydrogen) atoms. The summed E-state index contributed by atoms with van der Waals surface area (Å²) in [6.45, 7) is 0. The van der Waals surface area contributed by atoms with E-state index in [4.69, 9.17) is 5.26 Å². The number of nitrogens with one attached hydrogen (secondary N) is 2. The van der Waals surface area contributed by atoms with Crippen molar-refractivity contribution < 1.29 is 9.18 Å². The van der Waals surface area contributed by atoms with E-state index in [2.05, 4.69) is 15.5 Å². The Hall–Kier alpha value is -3.46. The fourth-order valence-corrected chi connectivity index (χ4v) is 2.19. The predicted octanol–water partition coefficient (Wildman–Crippen LogP) is 2.94. The lowest BCUT2D eigenvalue weighted by atomic mass is 10.1. The average molecular weight is 306 g/mol. The van der Waals surface area contributed by atoms with Gasteiger partial charge in [0.1, 0.15) is 5.82 Å². The fraction of sp³-hybridized carbons (Fsp3) is 0. The number of benzene rings is 2. The normalized spacial score (nSPS) is 10.8. The van der Waals surface area contributed by atoms with Gasteiger partial charge in [0.25, 0.3) is 5.91 Å². The summed E-state index contributed by atoms with van der Waals surface area (Å²) in [4.78, 5) is 15.0. The average Bonchev–Trinajstić information content (AvgIpc) is 2.98. The molecule has 1 amide bonds. The summed E-state index contributed by atoms with van der Waals surface area (Å²) in [6, 6.07) is 13.1. The number of hydrogen-bond donors (Lipinski definition) is 2. The molecule has 0 aliphatic carbocycles. The molecule has 0 unspecified atom stereocenters. The maximum atomic E-state index is 13.7. The van der Waals surface area contributed by atoms with Gasteiger partial charge in [0.05, 0.1) is 23.4 Å². The topological polar surface area (TPSA) is 81.0 Å². The Morgan fingerprint density at radius 1 is 1.30 bits per heavy atom. The molecule has 2 N–H and O–H groups in total. The van der Waals surface area contributed by atoms with Crippen molar-refractivity contribution in [1.29, 1.82) is 5.26 Å². The summed E-state index contributed by atoms with van der Waals surface area (Å²) >= 11 is 0. The van der Waals surface area contributed by atoms with Crippen molar-refractivity contribution in [2.75, 3.05) is 0 Å². The number of nitriles is 1. The molecule has 0 radical (unpaired) electrons. The van der Waals surface area contributed by atoms with E-state index in [-0.39, 0.29) is 11.1 Å². The van der Waals surface area contributed by atoms with E-state index >= 15 is 0 Å². The Bertz CT molecular complexity index is 953. The molecule has 0 aliphatic heterocycles. The van der Waals surface area contributed by atoms with Gasteiger partial charge >= 0.3 is 0 Å². The van der Waals surface area contributed by atoms with E-state index in [9.17, 15) is 9.18 Å². The third kappa shape index (κ3) is 2.94. The molecule has 0 bridgehead atoms. The van der Waals surface area contributed by atoms with Crippen molar-refractivity contribution >= 4 is 23.0 Å². The van der Waals surface area contributed by atoms with Gasteiger partial charge in [0.2, 0.25) is 0 Å². The lowest BCUT2D eigenvalue weighted by Crippen LogP contribution is -2.19. The summed E-state index contributed by atoms with van der Waals surface area (Å²) in [5.41, 5.74) is 4.02. The van der Waals surface area contributed by atoms with E-state index in [1.807, 2.05) is 30.3 Å². The van der Waals surface area contributed by atoms with Gasteiger partial charge in [-0.2, -0.15) is 10.4 Å². The number of aromatic nitrogens is 1. The SMILES string of the molecule is N#Cc1ccc(C(=O)N/N=C\c2c[nH]c3ccccc23)c(F)c1. The van der Waals surface area contributed by atoms with Gasteiger partial charge in [-0.3, -0.25) is 4.79 Å². The van der Waals surface area contributed by atoms with Crippen LogP contribution in [0.5, 0.6) is 0 Å². The number of hydrazone groups is 1. The minimum atomic E-state index is -0.760. The summed E-state index contributed by atoms with van der Waals surface area (Å²) in [7, 11) is 0. The first-order valence-electron chi connectivity index (χ1n) is 6.78. The standard InChI is InChI=1S/C17H11FN4O/c18-15-7-11(8-19)5-6-14(15)17(23)22-21-10-12-9-20-16-4-2-1-3-13(12)16/h1-7,9-10,20H,(H,22,23)/b21-10-. The van der Waals surface area contributed by atoms with Crippen molar-refractivity contribution in [3.8, 4) is 6.07 Å². The summed E-state index contributed by atoms with van der Waals surface area (Å²) < 4.78 is 13.7. The van der Waals surface area contributed by atoms with Crippen LogP contribution in [0.1, 0.15) is 21.5 Å². The molecule has 5 nitrogen and oxygen atoms in total. The zero-order chi connectivity index (χ0) is 16.2. The fourth-order valence-electron chi connectivity index (χ4n) is 2.19. The van der Waals surface area contributed by atoms with E-state index in [1.54, 1.807) is 6.20 Å². The minimum Gasteiger partial charge on any atom is -0.361 e. The molecule has 0 saturated heterocycles. The predicted molar refractivity (Wildman–Crippen MR) is 84.5 cm³/mol. The summed E-state index contributed by atoms with van der Waals surface area (Å²) in [5, 5.41) is 13.5. The second-order valence-corrected chi connectivity index (χ2v) is 4.80. The molecule has 0 fully saturated rings. The van der Waals surface area contributed by atoms with Crippen LogP contribution < -0.4 is 5.43 Å². The van der Waals surface area contributed by atoms with Gasteiger partial charge in [-0.15, -0.1) is 0 Å². The van der Waals surface area contributed by atoms with Crippen LogP contribution in [0.4, 0.5) is 4.39 Å². The summed E-state index contributed by atoms with van der Waals surface area (Å²) in [5.74, 6) is -1.44. The molecule has 6 heteroatoms. The molecule has 112 valence electrons. The lowest BCUT2D eigenvalue weighted by Gasteiger charge is -2.01. The number of H-pyrrole nitrogens is 1. The first-order chi connectivity index (χ1) is 11.2. The van der Waals surface area contributed by atoms with Gasteiger partial charge in [-0.05, 0) is 24.3 Å². The van der Waals surface area contributed by atoms with Crippen LogP contribution in [0.15, 0.2) is 53.8 Å². The zero-order valence-corrected chi connectivity index (χ0v) is 11.9. The highest BCUT2D eigenvalue weighted by molar-refractivity contribution is 6.00. The van der Waals surface area contributed by atoms with Gasteiger partial charge in [0, 0.05) is 22.7 Å². The van der Waals surface area contributed by atoms with Crippen LogP contribution in [0.25, 0.3) is 10.9 Å². The zero-order valence-electron chi connectivity index (χ0n) is 11.9. The number of amides is 1. The van der Waals surface area contributed by atoms with Crippen molar-refractivity contribution in [3.05, 3.63) is 71.2 Å². The van der Waals surface area contributed by atoms with Crippen molar-refractivity contribution in [1.82, 2.24) is 10.4 Å². The Morgan fingerprint density at radius 2 is 2.13 bits per heavy atom. The Balaban J connectivity index is 1.75. The molecule has 1 heterocycles. The van der Waals surface area contributed by atoms with Crippen molar-refractivity contribution in [3.63, 3.8) is 0 Å². The van der Waals surface area contributed by atoms with Gasteiger partial charge in [-0.25, -0.2) is 9.82 Å². The van der Waals surface area contributed by atoms with Crippen LogP contribution in [-0.2, 0) is 0 Å². The van der Waals surface area contributed by atoms with Crippen LogP contribution >= 0.6 is 0 Å². The highest BCUT2D eigenvalue weighted by Crippen LogP contribution is 2.15.